The molecule has 6 fully saturated rings. The molecule has 6 rings (SSSR count). The summed E-state index contributed by atoms with van der Waals surface area (Å²) in [5.74, 6) is 1.53. The van der Waals surface area contributed by atoms with Crippen LogP contribution >= 0.6 is 0 Å². The minimum absolute atomic E-state index is 0.0161. The van der Waals surface area contributed by atoms with Gasteiger partial charge in [-0.05, 0) is 121 Å². The number of likely N-dealkylation sites (N-methyl/N-ethyl adjacent to an activating group) is 2. The topological polar surface area (TPSA) is 150 Å². The van der Waals surface area contributed by atoms with Crippen LogP contribution in [-0.4, -0.2) is 134 Å². The van der Waals surface area contributed by atoms with Crippen molar-refractivity contribution in [1.29, 1.82) is 0 Å². The van der Waals surface area contributed by atoms with Crippen LogP contribution in [0.1, 0.15) is 90.9 Å². The molecule has 8 unspecified atom stereocenters. The molecule has 2 amide bonds. The van der Waals surface area contributed by atoms with E-state index in [-0.39, 0.29) is 54.7 Å². The van der Waals surface area contributed by atoms with E-state index >= 15 is 0 Å². The third-order valence-corrected chi connectivity index (χ3v) is 13.0. The number of carbonyl (C=O) groups is 2. The summed E-state index contributed by atoms with van der Waals surface area (Å²) in [6, 6.07) is 0.534. The molecule has 0 bridgehead atoms. The summed E-state index contributed by atoms with van der Waals surface area (Å²) in [4.78, 5) is 30.6. The Labute approximate surface area is 294 Å². The molecule has 4 saturated carbocycles. The molecule has 7 N–H and O–H groups in total. The fourth-order valence-electron chi connectivity index (χ4n) is 9.19. The van der Waals surface area contributed by atoms with Gasteiger partial charge < -0.3 is 35.8 Å². The molecule has 0 aromatic carbocycles. The summed E-state index contributed by atoms with van der Waals surface area (Å²) in [5, 5.41) is 38.3. The Bertz CT molecular complexity index is 1080. The second-order valence-corrected chi connectivity index (χ2v) is 16.7. The Balaban J connectivity index is 0.934. The van der Waals surface area contributed by atoms with Crippen molar-refractivity contribution in [3.05, 3.63) is 0 Å². The smallest absolute Gasteiger partial charge is 0.223 e. The van der Waals surface area contributed by atoms with Crippen molar-refractivity contribution in [1.82, 2.24) is 36.4 Å². The van der Waals surface area contributed by atoms with Crippen LogP contribution in [0.4, 0.5) is 0 Å². The minimum Gasteiger partial charge on any atom is -0.390 e. The van der Waals surface area contributed by atoms with E-state index in [4.69, 9.17) is 4.74 Å². The van der Waals surface area contributed by atoms with Crippen molar-refractivity contribution in [2.45, 2.75) is 134 Å². The highest BCUT2D eigenvalue weighted by Crippen LogP contribution is 2.60. The summed E-state index contributed by atoms with van der Waals surface area (Å²) in [6.07, 6.45) is 12.2. The number of aliphatic hydroxyl groups excluding tert-OH is 2. The van der Waals surface area contributed by atoms with Crippen LogP contribution in [0.25, 0.3) is 0 Å². The number of likely N-dealkylation sites (tertiary alicyclic amines) is 1. The van der Waals surface area contributed by atoms with E-state index in [0.29, 0.717) is 49.4 Å². The predicted octanol–water partition coefficient (Wildman–Crippen LogP) is 0.972. The molecule has 0 aromatic rings. The van der Waals surface area contributed by atoms with Gasteiger partial charge >= 0.3 is 0 Å². The van der Waals surface area contributed by atoms with Crippen molar-refractivity contribution < 1.29 is 24.5 Å². The van der Waals surface area contributed by atoms with E-state index in [2.05, 4.69) is 43.3 Å². The largest absolute Gasteiger partial charge is 0.390 e. The van der Waals surface area contributed by atoms with Crippen LogP contribution in [0.2, 0.25) is 0 Å². The molecule has 6 aliphatic rings. The number of nitrogens with zero attached hydrogens (tertiary/aromatic N) is 2. The molecule has 2 saturated heterocycles. The average molecular weight is 690 g/mol. The number of hydrogen-bond acceptors (Lipinski definition) is 10. The average Bonchev–Trinajstić information content (AvgIpc) is 4.02. The Morgan fingerprint density at radius 2 is 1.78 bits per heavy atom. The molecule has 1 spiro atoms. The number of fused-ring (bicyclic) bond motifs is 1. The zero-order chi connectivity index (χ0) is 34.5. The first-order valence-corrected chi connectivity index (χ1v) is 19.8. The zero-order valence-corrected chi connectivity index (χ0v) is 30.5. The molecule has 49 heavy (non-hydrogen) atoms. The van der Waals surface area contributed by atoms with Gasteiger partial charge in [-0.1, -0.05) is 6.92 Å². The highest BCUT2D eigenvalue weighted by Gasteiger charge is 2.53. The lowest BCUT2D eigenvalue weighted by Crippen LogP contribution is -2.63. The van der Waals surface area contributed by atoms with Crippen LogP contribution in [0.15, 0.2) is 0 Å². The maximum Gasteiger partial charge on any atom is 0.223 e. The van der Waals surface area contributed by atoms with Crippen molar-refractivity contribution >= 4 is 11.8 Å². The quantitative estimate of drug-likeness (QED) is 0.111. The van der Waals surface area contributed by atoms with Gasteiger partial charge in [0.25, 0.3) is 0 Å². The molecule has 0 radical (unpaired) electrons. The fourth-order valence-corrected chi connectivity index (χ4v) is 9.19. The first kappa shape index (κ1) is 37.4. The number of hydrogen-bond donors (Lipinski definition) is 7. The van der Waals surface area contributed by atoms with Crippen molar-refractivity contribution in [3.63, 3.8) is 0 Å². The lowest BCUT2D eigenvalue weighted by atomic mass is 9.74. The molecule has 0 aromatic heterocycles. The highest BCUT2D eigenvalue weighted by atomic mass is 16.5. The molecular formula is C37H67N7O5. The molecule has 12 heteroatoms. The molecule has 280 valence electrons. The molecular weight excluding hydrogens is 622 g/mol. The molecule has 4 aliphatic carbocycles. The number of nitrogens with one attached hydrogen (secondary N) is 5. The number of rotatable bonds is 18. The van der Waals surface area contributed by atoms with Gasteiger partial charge in [-0.2, -0.15) is 0 Å². The zero-order valence-electron chi connectivity index (χ0n) is 30.5. The third kappa shape index (κ3) is 10.4. The molecule has 2 heterocycles. The Morgan fingerprint density at radius 1 is 1.00 bits per heavy atom. The lowest BCUT2D eigenvalue weighted by Gasteiger charge is -2.45. The van der Waals surface area contributed by atoms with E-state index in [9.17, 15) is 19.8 Å². The van der Waals surface area contributed by atoms with Gasteiger partial charge in [0.05, 0.1) is 37.3 Å². The second kappa shape index (κ2) is 17.0. The number of amides is 2. The van der Waals surface area contributed by atoms with E-state index in [0.717, 1.165) is 71.1 Å². The minimum atomic E-state index is -0.603. The summed E-state index contributed by atoms with van der Waals surface area (Å²) in [7, 11) is 1.86. The molecule has 2 aliphatic heterocycles. The van der Waals surface area contributed by atoms with Crippen molar-refractivity contribution in [3.8, 4) is 0 Å². The Kier molecular flexibility index (Phi) is 12.9. The second-order valence-electron chi connectivity index (χ2n) is 16.7. The van der Waals surface area contributed by atoms with Gasteiger partial charge in [-0.3, -0.25) is 25.1 Å². The Hall–Kier alpha value is -1.38. The number of β-amino-alcohol motifs (C(OH)–C–C–N with tert-alkyl or cyclic N) is 1. The van der Waals surface area contributed by atoms with Gasteiger partial charge in [0.15, 0.2) is 0 Å². The maximum atomic E-state index is 13.6. The van der Waals surface area contributed by atoms with Gasteiger partial charge in [0.1, 0.15) is 0 Å². The lowest BCUT2D eigenvalue weighted by molar-refractivity contribution is -0.128. The number of aliphatic hydroxyl groups is 2. The van der Waals surface area contributed by atoms with Crippen LogP contribution in [-0.2, 0) is 14.3 Å². The van der Waals surface area contributed by atoms with Gasteiger partial charge in [0, 0.05) is 56.6 Å². The Morgan fingerprint density at radius 3 is 2.49 bits per heavy atom. The van der Waals surface area contributed by atoms with Crippen LogP contribution < -0.4 is 26.6 Å². The monoisotopic (exact) mass is 690 g/mol. The third-order valence-electron chi connectivity index (χ3n) is 13.0. The normalized spacial score (nSPS) is 33.3. The summed E-state index contributed by atoms with van der Waals surface area (Å²) in [5.41, 5.74) is 0.617. The van der Waals surface area contributed by atoms with Gasteiger partial charge in [0.2, 0.25) is 11.8 Å². The van der Waals surface area contributed by atoms with Crippen LogP contribution in [0.3, 0.4) is 0 Å². The summed E-state index contributed by atoms with van der Waals surface area (Å²) in [6.45, 7) is 9.51. The summed E-state index contributed by atoms with van der Waals surface area (Å²) < 4.78 is 6.11. The fraction of sp³-hybridized carbons (Fsp3) is 0.946. The first-order valence-electron chi connectivity index (χ1n) is 19.8. The summed E-state index contributed by atoms with van der Waals surface area (Å²) >= 11 is 0. The highest BCUT2D eigenvalue weighted by molar-refractivity contribution is 5.80. The van der Waals surface area contributed by atoms with E-state index < -0.39 is 12.2 Å². The molecule has 12 nitrogen and oxygen atoms in total. The van der Waals surface area contributed by atoms with Crippen LogP contribution in [0.5, 0.6) is 0 Å². The standard InChI is InChI=1S/C37H67N7O5/c1-4-44(14-12-39-35(47)25-5-6-25)34-17-28(16-33(42-34)41-29-18-37(19-29)10-11-37)36(48)40-20-30(45)22-43-13-9-26-15-31(8-7-27(26)21-43)49-23-32(46)24(2)38-3/h24-34,38,41-42,45-46H,4-23H2,1-3H3,(H,39,47)(H,40,48)/t24?,26?,27?,28?,30-,31?,32?,33?,34?/m0/s1. The molecule has 9 atom stereocenters. The number of ether oxygens (including phenoxy) is 1. The SMILES string of the molecule is CCN(CCNC(=O)C1CC1)C1CC(C(=O)NC[C@H](O)CN2CCC3CC(OCC(O)C(C)NC)CCC3C2)CC(NC2CC3(CC3)C2)N1. The van der Waals surface area contributed by atoms with Crippen molar-refractivity contribution in [2.75, 3.05) is 59.5 Å². The number of piperidine rings is 2. The first-order chi connectivity index (χ1) is 23.6. The predicted molar refractivity (Wildman–Crippen MR) is 189 cm³/mol. The maximum absolute atomic E-state index is 13.6. The van der Waals surface area contributed by atoms with E-state index in [1.807, 2.05) is 14.0 Å². The van der Waals surface area contributed by atoms with Gasteiger partial charge in [-0.15, -0.1) is 0 Å². The van der Waals surface area contributed by atoms with Gasteiger partial charge in [-0.25, -0.2) is 0 Å². The van der Waals surface area contributed by atoms with Crippen molar-refractivity contribution in [2.24, 2.45) is 29.1 Å². The number of carbonyl (C=O) groups excluding carboxylic acids is 2. The van der Waals surface area contributed by atoms with E-state index in [1.165, 1.54) is 25.7 Å². The van der Waals surface area contributed by atoms with E-state index in [1.54, 1.807) is 0 Å². The van der Waals surface area contributed by atoms with Crippen LogP contribution in [0, 0.1) is 29.1 Å².